The molecular formula is C4H7Cl2NO. The minimum absolute atomic E-state index is 0. The monoisotopic (exact) mass is 155 g/mol. The summed E-state index contributed by atoms with van der Waals surface area (Å²) in [6.07, 6.45) is 4.75. The van der Waals surface area contributed by atoms with Gasteiger partial charge in [-0.1, -0.05) is 5.92 Å². The van der Waals surface area contributed by atoms with Crippen molar-refractivity contribution in [1.29, 1.82) is 0 Å². The van der Waals surface area contributed by atoms with E-state index < -0.39 is 0 Å². The normalized spacial score (nSPS) is 4.38. The molecule has 48 valence electrons. The second kappa shape index (κ2) is 16.0. The van der Waals surface area contributed by atoms with Crippen LogP contribution in [0.4, 0.5) is 0 Å². The van der Waals surface area contributed by atoms with E-state index in [2.05, 4.69) is 22.6 Å². The van der Waals surface area contributed by atoms with E-state index in [0.29, 0.717) is 0 Å². The zero-order valence-electron chi connectivity index (χ0n) is 4.16. The molecule has 0 rings (SSSR count). The van der Waals surface area contributed by atoms with Gasteiger partial charge in [-0.25, -0.2) is 0 Å². The highest BCUT2D eigenvalue weighted by atomic mass is 35.5. The first-order chi connectivity index (χ1) is 2.91. The molecule has 0 aliphatic carbocycles. The molecule has 0 spiro atoms. The molecule has 0 atom stereocenters. The second-order valence-electron chi connectivity index (χ2n) is 0.607. The predicted octanol–water partition coefficient (Wildman–Crippen LogP) is 1.10. The SMILES string of the molecule is C#CCON=C.Cl.Cl. The number of hydrogen-bond acceptors (Lipinski definition) is 2. The summed E-state index contributed by atoms with van der Waals surface area (Å²) in [7, 11) is 0. The summed E-state index contributed by atoms with van der Waals surface area (Å²) in [6.45, 7) is 3.24. The molecular weight excluding hydrogens is 149 g/mol. The van der Waals surface area contributed by atoms with Gasteiger partial charge in [0, 0.05) is 6.72 Å². The average Bonchev–Trinajstić information content (AvgIpc) is 1.61. The lowest BCUT2D eigenvalue weighted by Crippen LogP contribution is -1.76. The summed E-state index contributed by atoms with van der Waals surface area (Å²) in [5.41, 5.74) is 0. The first kappa shape index (κ1) is 15.6. The number of oxime groups is 1. The second-order valence-corrected chi connectivity index (χ2v) is 0.607. The molecule has 0 unspecified atom stereocenters. The highest BCUT2D eigenvalue weighted by Gasteiger charge is 1.62. The minimum atomic E-state index is 0. The fourth-order valence-electron chi connectivity index (χ4n) is 0.0829. The highest BCUT2D eigenvalue weighted by Crippen LogP contribution is 1.64. The lowest BCUT2D eigenvalue weighted by atomic mass is 10.8. The van der Waals surface area contributed by atoms with Crippen LogP contribution in [0.3, 0.4) is 0 Å². The Hall–Kier alpha value is -0.390. The van der Waals surface area contributed by atoms with Gasteiger partial charge < -0.3 is 4.84 Å². The zero-order chi connectivity index (χ0) is 4.83. The highest BCUT2D eigenvalue weighted by molar-refractivity contribution is 5.85. The van der Waals surface area contributed by atoms with Crippen molar-refractivity contribution in [2.45, 2.75) is 0 Å². The molecule has 0 heterocycles. The molecule has 0 aliphatic rings. The van der Waals surface area contributed by atoms with Gasteiger partial charge in [0.2, 0.25) is 0 Å². The molecule has 0 bridgehead atoms. The minimum Gasteiger partial charge on any atom is -0.383 e. The van der Waals surface area contributed by atoms with Crippen molar-refractivity contribution < 1.29 is 4.84 Å². The molecule has 0 saturated heterocycles. The lowest BCUT2D eigenvalue weighted by molar-refractivity contribution is 0.183. The molecule has 0 radical (unpaired) electrons. The van der Waals surface area contributed by atoms with Crippen LogP contribution in [0.25, 0.3) is 0 Å². The zero-order valence-corrected chi connectivity index (χ0v) is 5.80. The van der Waals surface area contributed by atoms with Crippen LogP contribution in [0.5, 0.6) is 0 Å². The van der Waals surface area contributed by atoms with Gasteiger partial charge in [0.25, 0.3) is 0 Å². The molecule has 0 N–H and O–H groups in total. The van der Waals surface area contributed by atoms with Crippen LogP contribution in [0.1, 0.15) is 0 Å². The summed E-state index contributed by atoms with van der Waals surface area (Å²) in [6, 6.07) is 0. The van der Waals surface area contributed by atoms with Crippen molar-refractivity contribution in [3.8, 4) is 12.3 Å². The standard InChI is InChI=1S/C4H5NO.2ClH/c1-3-4-6-5-2;;/h1H,2,4H2;2*1H. The molecule has 2 nitrogen and oxygen atoms in total. The third-order valence-corrected chi connectivity index (χ3v) is 0.239. The number of halogens is 2. The van der Waals surface area contributed by atoms with Crippen molar-refractivity contribution in [1.82, 2.24) is 0 Å². The summed E-state index contributed by atoms with van der Waals surface area (Å²) in [5.74, 6) is 2.21. The van der Waals surface area contributed by atoms with E-state index in [-0.39, 0.29) is 31.4 Å². The van der Waals surface area contributed by atoms with Crippen LogP contribution < -0.4 is 0 Å². The molecule has 0 aromatic rings. The van der Waals surface area contributed by atoms with Gasteiger partial charge >= 0.3 is 0 Å². The summed E-state index contributed by atoms with van der Waals surface area (Å²) < 4.78 is 0. The average molecular weight is 156 g/mol. The van der Waals surface area contributed by atoms with E-state index in [9.17, 15) is 0 Å². The Morgan fingerprint density at radius 3 is 2.25 bits per heavy atom. The maximum Gasteiger partial charge on any atom is 0.177 e. The molecule has 4 heteroatoms. The van der Waals surface area contributed by atoms with Gasteiger partial charge in [-0.05, 0) is 0 Å². The van der Waals surface area contributed by atoms with Crippen molar-refractivity contribution in [2.24, 2.45) is 5.16 Å². The lowest BCUT2D eigenvalue weighted by Gasteiger charge is -1.82. The maximum absolute atomic E-state index is 4.75. The summed E-state index contributed by atoms with van der Waals surface area (Å²) >= 11 is 0. The van der Waals surface area contributed by atoms with Gasteiger partial charge in [0.05, 0.1) is 0 Å². The van der Waals surface area contributed by atoms with Crippen LogP contribution >= 0.6 is 24.8 Å². The quantitative estimate of drug-likeness (QED) is 0.254. The van der Waals surface area contributed by atoms with Gasteiger partial charge in [0.15, 0.2) is 6.61 Å². The van der Waals surface area contributed by atoms with Gasteiger partial charge in [-0.2, -0.15) is 0 Å². The first-order valence-electron chi connectivity index (χ1n) is 1.43. The molecule has 0 aliphatic heterocycles. The first-order valence-corrected chi connectivity index (χ1v) is 1.43. The fourth-order valence-corrected chi connectivity index (χ4v) is 0.0829. The van der Waals surface area contributed by atoms with Gasteiger partial charge in [0.1, 0.15) is 0 Å². The van der Waals surface area contributed by atoms with Crippen molar-refractivity contribution in [2.75, 3.05) is 6.61 Å². The largest absolute Gasteiger partial charge is 0.383 e. The Labute approximate surface area is 61.1 Å². The summed E-state index contributed by atoms with van der Waals surface area (Å²) in [4.78, 5) is 4.26. The Kier molecular flexibility index (Phi) is 31.2. The summed E-state index contributed by atoms with van der Waals surface area (Å²) in [5, 5.41) is 3.03. The van der Waals surface area contributed by atoms with Crippen molar-refractivity contribution >= 4 is 31.5 Å². The van der Waals surface area contributed by atoms with Crippen LogP contribution in [0.15, 0.2) is 5.16 Å². The van der Waals surface area contributed by atoms with Crippen LogP contribution in [-0.4, -0.2) is 13.3 Å². The van der Waals surface area contributed by atoms with E-state index >= 15 is 0 Å². The number of nitrogens with zero attached hydrogens (tertiary/aromatic N) is 1. The van der Waals surface area contributed by atoms with Crippen LogP contribution in [-0.2, 0) is 4.84 Å². The predicted molar refractivity (Wildman–Crippen MR) is 38.8 cm³/mol. The topological polar surface area (TPSA) is 21.6 Å². The van der Waals surface area contributed by atoms with Crippen LogP contribution in [0.2, 0.25) is 0 Å². The van der Waals surface area contributed by atoms with E-state index in [1.54, 1.807) is 0 Å². The molecule has 0 saturated carbocycles. The third kappa shape index (κ3) is 17.5. The number of terminal acetylenes is 1. The van der Waals surface area contributed by atoms with Crippen molar-refractivity contribution in [3.63, 3.8) is 0 Å². The fraction of sp³-hybridized carbons (Fsp3) is 0.250. The smallest absolute Gasteiger partial charge is 0.177 e. The van der Waals surface area contributed by atoms with E-state index in [4.69, 9.17) is 6.42 Å². The van der Waals surface area contributed by atoms with Crippen LogP contribution in [0, 0.1) is 12.3 Å². The van der Waals surface area contributed by atoms with E-state index in [1.165, 1.54) is 0 Å². The molecule has 0 aromatic carbocycles. The molecule has 0 fully saturated rings. The van der Waals surface area contributed by atoms with E-state index in [1.807, 2.05) is 0 Å². The van der Waals surface area contributed by atoms with Crippen molar-refractivity contribution in [3.05, 3.63) is 0 Å². The number of rotatable bonds is 2. The van der Waals surface area contributed by atoms with Gasteiger partial charge in [-0.3, -0.25) is 0 Å². The molecule has 0 amide bonds. The Bertz CT molecular complexity index is 78.6. The van der Waals surface area contributed by atoms with E-state index in [0.717, 1.165) is 0 Å². The Balaban J connectivity index is -0.000000125. The molecule has 0 aromatic heterocycles. The molecule has 8 heavy (non-hydrogen) atoms. The Morgan fingerprint density at radius 1 is 1.62 bits per heavy atom. The third-order valence-electron chi connectivity index (χ3n) is 0.239. The maximum atomic E-state index is 4.75. The number of hydrogen-bond donors (Lipinski definition) is 0. The Morgan fingerprint density at radius 2 is 2.12 bits per heavy atom. The van der Waals surface area contributed by atoms with Gasteiger partial charge in [-0.15, -0.1) is 36.4 Å².